The van der Waals surface area contributed by atoms with Gasteiger partial charge < -0.3 is 5.73 Å². The molecule has 0 saturated carbocycles. The third kappa shape index (κ3) is 1.90. The number of rotatable bonds is 1. The second-order valence-corrected chi connectivity index (χ2v) is 5.17. The standard InChI is InChI=1S/C14H11BrFN3/c1-8-11(15)6-7-12-18-13(14(17)19(8)12)9-2-4-10(16)5-3-9/h2-7H,17H2,1H3. The van der Waals surface area contributed by atoms with Crippen LogP contribution in [0.15, 0.2) is 40.9 Å². The molecule has 1 aromatic carbocycles. The first-order valence-corrected chi connectivity index (χ1v) is 6.56. The van der Waals surface area contributed by atoms with Crippen molar-refractivity contribution in [2.75, 3.05) is 5.73 Å². The van der Waals surface area contributed by atoms with Crippen LogP contribution in [0.1, 0.15) is 5.69 Å². The van der Waals surface area contributed by atoms with Gasteiger partial charge in [-0.05, 0) is 59.3 Å². The molecular weight excluding hydrogens is 309 g/mol. The van der Waals surface area contributed by atoms with Crippen molar-refractivity contribution in [3.8, 4) is 11.3 Å². The van der Waals surface area contributed by atoms with E-state index in [1.54, 1.807) is 12.1 Å². The van der Waals surface area contributed by atoms with E-state index in [1.165, 1.54) is 12.1 Å². The highest BCUT2D eigenvalue weighted by Crippen LogP contribution is 2.29. The Morgan fingerprint density at radius 1 is 1.16 bits per heavy atom. The van der Waals surface area contributed by atoms with Crippen LogP contribution in [0.4, 0.5) is 10.2 Å². The van der Waals surface area contributed by atoms with Crippen LogP contribution < -0.4 is 5.73 Å². The summed E-state index contributed by atoms with van der Waals surface area (Å²) >= 11 is 3.47. The van der Waals surface area contributed by atoms with Crippen molar-refractivity contribution >= 4 is 27.4 Å². The van der Waals surface area contributed by atoms with Crippen LogP contribution >= 0.6 is 15.9 Å². The number of pyridine rings is 1. The van der Waals surface area contributed by atoms with Gasteiger partial charge in [-0.25, -0.2) is 9.37 Å². The molecule has 2 heterocycles. The molecular formula is C14H11BrFN3. The van der Waals surface area contributed by atoms with E-state index in [1.807, 2.05) is 23.5 Å². The summed E-state index contributed by atoms with van der Waals surface area (Å²) < 4.78 is 15.8. The van der Waals surface area contributed by atoms with Crippen molar-refractivity contribution in [1.82, 2.24) is 9.38 Å². The Kier molecular flexibility index (Phi) is 2.78. The molecule has 0 aliphatic carbocycles. The van der Waals surface area contributed by atoms with Crippen molar-refractivity contribution in [3.05, 3.63) is 52.4 Å². The van der Waals surface area contributed by atoms with Gasteiger partial charge in [0, 0.05) is 15.7 Å². The van der Waals surface area contributed by atoms with Crippen LogP contribution in [0.3, 0.4) is 0 Å². The number of aryl methyl sites for hydroxylation is 1. The smallest absolute Gasteiger partial charge is 0.139 e. The molecule has 0 saturated heterocycles. The molecule has 2 N–H and O–H groups in total. The summed E-state index contributed by atoms with van der Waals surface area (Å²) in [5.41, 5.74) is 9.39. The predicted octanol–water partition coefficient (Wildman–Crippen LogP) is 3.79. The van der Waals surface area contributed by atoms with Crippen LogP contribution in [0.25, 0.3) is 16.9 Å². The van der Waals surface area contributed by atoms with E-state index < -0.39 is 0 Å². The molecule has 3 nitrogen and oxygen atoms in total. The van der Waals surface area contributed by atoms with Gasteiger partial charge in [0.15, 0.2) is 0 Å². The molecule has 96 valence electrons. The molecule has 0 aliphatic heterocycles. The lowest BCUT2D eigenvalue weighted by atomic mass is 10.1. The number of imidazole rings is 1. The molecule has 0 fully saturated rings. The number of nitrogen functional groups attached to an aromatic ring is 1. The molecule has 19 heavy (non-hydrogen) atoms. The Bertz CT molecular complexity index is 762. The number of benzene rings is 1. The van der Waals surface area contributed by atoms with Gasteiger partial charge >= 0.3 is 0 Å². The lowest BCUT2D eigenvalue weighted by Gasteiger charge is -2.04. The van der Waals surface area contributed by atoms with Gasteiger partial charge in [0.2, 0.25) is 0 Å². The number of hydrogen-bond donors (Lipinski definition) is 1. The fourth-order valence-corrected chi connectivity index (χ4v) is 2.42. The second-order valence-electron chi connectivity index (χ2n) is 4.31. The summed E-state index contributed by atoms with van der Waals surface area (Å²) in [6.07, 6.45) is 0. The summed E-state index contributed by atoms with van der Waals surface area (Å²) in [5, 5.41) is 0. The maximum Gasteiger partial charge on any atom is 0.139 e. The summed E-state index contributed by atoms with van der Waals surface area (Å²) in [4.78, 5) is 4.51. The molecule has 0 aliphatic rings. The van der Waals surface area contributed by atoms with E-state index >= 15 is 0 Å². The van der Waals surface area contributed by atoms with Crippen molar-refractivity contribution in [3.63, 3.8) is 0 Å². The number of nitrogens with two attached hydrogens (primary N) is 1. The quantitative estimate of drug-likeness (QED) is 0.741. The first kappa shape index (κ1) is 12.2. The van der Waals surface area contributed by atoms with Gasteiger partial charge in [-0.15, -0.1) is 0 Å². The molecule has 0 atom stereocenters. The van der Waals surface area contributed by atoms with Crippen molar-refractivity contribution in [2.24, 2.45) is 0 Å². The van der Waals surface area contributed by atoms with Crippen LogP contribution in [0, 0.1) is 12.7 Å². The van der Waals surface area contributed by atoms with Crippen LogP contribution in [-0.2, 0) is 0 Å². The number of aromatic nitrogens is 2. The number of anilines is 1. The first-order chi connectivity index (χ1) is 9.08. The highest BCUT2D eigenvalue weighted by molar-refractivity contribution is 9.10. The Morgan fingerprint density at radius 2 is 1.84 bits per heavy atom. The molecule has 0 amide bonds. The highest BCUT2D eigenvalue weighted by Gasteiger charge is 2.13. The molecule has 0 radical (unpaired) electrons. The van der Waals surface area contributed by atoms with E-state index in [0.717, 1.165) is 21.4 Å². The minimum absolute atomic E-state index is 0.273. The zero-order valence-electron chi connectivity index (χ0n) is 10.2. The number of hydrogen-bond acceptors (Lipinski definition) is 2. The molecule has 3 aromatic rings. The average Bonchev–Trinajstić information content (AvgIpc) is 2.73. The van der Waals surface area contributed by atoms with E-state index in [2.05, 4.69) is 20.9 Å². The Labute approximate surface area is 118 Å². The molecule has 5 heteroatoms. The summed E-state index contributed by atoms with van der Waals surface area (Å²) in [5.74, 6) is 0.283. The topological polar surface area (TPSA) is 43.3 Å². The van der Waals surface area contributed by atoms with Gasteiger partial charge in [-0.2, -0.15) is 0 Å². The van der Waals surface area contributed by atoms with E-state index in [0.29, 0.717) is 11.5 Å². The number of halogens is 2. The van der Waals surface area contributed by atoms with Crippen molar-refractivity contribution in [2.45, 2.75) is 6.92 Å². The Morgan fingerprint density at radius 3 is 2.53 bits per heavy atom. The second kappa shape index (κ2) is 4.35. The normalized spacial score (nSPS) is 11.1. The molecule has 0 spiro atoms. The van der Waals surface area contributed by atoms with E-state index in [9.17, 15) is 4.39 Å². The highest BCUT2D eigenvalue weighted by atomic mass is 79.9. The van der Waals surface area contributed by atoms with Crippen molar-refractivity contribution < 1.29 is 4.39 Å². The molecule has 3 rings (SSSR count). The molecule has 2 aromatic heterocycles. The van der Waals surface area contributed by atoms with Crippen molar-refractivity contribution in [1.29, 1.82) is 0 Å². The maximum atomic E-state index is 13.0. The lowest BCUT2D eigenvalue weighted by Crippen LogP contribution is -1.98. The molecule has 0 bridgehead atoms. The van der Waals surface area contributed by atoms with Gasteiger partial charge in [0.05, 0.1) is 0 Å². The number of nitrogens with zero attached hydrogens (tertiary/aromatic N) is 2. The monoisotopic (exact) mass is 319 g/mol. The fraction of sp³-hybridized carbons (Fsp3) is 0.0714. The zero-order chi connectivity index (χ0) is 13.6. The fourth-order valence-electron chi connectivity index (χ4n) is 2.11. The summed E-state index contributed by atoms with van der Waals surface area (Å²) in [6.45, 7) is 1.96. The average molecular weight is 320 g/mol. The van der Waals surface area contributed by atoms with Gasteiger partial charge in [0.25, 0.3) is 0 Å². The minimum atomic E-state index is -0.273. The maximum absolute atomic E-state index is 13.0. The SMILES string of the molecule is Cc1c(Br)ccc2nc(-c3ccc(F)cc3)c(N)n12. The largest absolute Gasteiger partial charge is 0.383 e. The van der Waals surface area contributed by atoms with Crippen LogP contribution in [-0.4, -0.2) is 9.38 Å². The predicted molar refractivity (Wildman–Crippen MR) is 77.4 cm³/mol. The lowest BCUT2D eigenvalue weighted by molar-refractivity contribution is 0.628. The van der Waals surface area contributed by atoms with Gasteiger partial charge in [-0.1, -0.05) is 0 Å². The zero-order valence-corrected chi connectivity index (χ0v) is 11.8. The van der Waals surface area contributed by atoms with E-state index in [-0.39, 0.29) is 5.82 Å². The first-order valence-electron chi connectivity index (χ1n) is 5.77. The Hall–Kier alpha value is -1.88. The minimum Gasteiger partial charge on any atom is -0.383 e. The summed E-state index contributed by atoms with van der Waals surface area (Å²) in [7, 11) is 0. The summed E-state index contributed by atoms with van der Waals surface area (Å²) in [6, 6.07) is 9.99. The van der Waals surface area contributed by atoms with Crippen LogP contribution in [0.5, 0.6) is 0 Å². The molecule has 0 unspecified atom stereocenters. The third-order valence-corrected chi connectivity index (χ3v) is 3.95. The number of fused-ring (bicyclic) bond motifs is 1. The Balaban J connectivity index is 2.28. The van der Waals surface area contributed by atoms with E-state index in [4.69, 9.17) is 5.73 Å². The van der Waals surface area contributed by atoms with Crippen LogP contribution in [0.2, 0.25) is 0 Å². The van der Waals surface area contributed by atoms with Gasteiger partial charge in [0.1, 0.15) is 23.0 Å². The van der Waals surface area contributed by atoms with Gasteiger partial charge in [-0.3, -0.25) is 4.40 Å². The third-order valence-electron chi connectivity index (χ3n) is 3.12.